The first-order chi connectivity index (χ1) is 10.3. The number of benzene rings is 1. The molecule has 1 aromatic rings. The van der Waals surface area contributed by atoms with Crippen LogP contribution in [0.5, 0.6) is 11.5 Å². The topological polar surface area (TPSA) is 44.8 Å². The van der Waals surface area contributed by atoms with Gasteiger partial charge in [-0.05, 0) is 43.7 Å². The van der Waals surface area contributed by atoms with E-state index in [0.717, 1.165) is 36.5 Å². The Morgan fingerprint density at radius 1 is 1.19 bits per heavy atom. The van der Waals surface area contributed by atoms with E-state index in [9.17, 15) is 4.79 Å². The largest absolute Gasteiger partial charge is 0.486 e. The van der Waals surface area contributed by atoms with Crippen molar-refractivity contribution in [1.82, 2.24) is 0 Å². The van der Waals surface area contributed by atoms with Crippen LogP contribution in [0.3, 0.4) is 0 Å². The summed E-state index contributed by atoms with van der Waals surface area (Å²) in [5.74, 6) is 2.63. The highest BCUT2D eigenvalue weighted by atomic mass is 32.2. The van der Waals surface area contributed by atoms with Crippen LogP contribution in [0.2, 0.25) is 0 Å². The highest BCUT2D eigenvalue weighted by Crippen LogP contribution is 2.34. The maximum absolute atomic E-state index is 11.2. The summed E-state index contributed by atoms with van der Waals surface area (Å²) < 4.78 is 16.0. The van der Waals surface area contributed by atoms with Gasteiger partial charge in [-0.3, -0.25) is 4.79 Å². The standard InChI is InChI=1S/C16H22O4S/c1-2-18-16(17)6-4-3-5-11-21-13-7-8-14-15(12-13)20-10-9-19-14/h7-8,12H,2-6,9-11H2,1H3. The Labute approximate surface area is 130 Å². The molecule has 0 N–H and O–H groups in total. The Balaban J connectivity index is 1.62. The van der Waals surface area contributed by atoms with Crippen LogP contribution in [0.15, 0.2) is 23.1 Å². The Hall–Kier alpha value is -1.36. The summed E-state index contributed by atoms with van der Waals surface area (Å²) in [7, 11) is 0. The molecule has 2 rings (SSSR count). The third kappa shape index (κ3) is 5.50. The molecule has 0 atom stereocenters. The van der Waals surface area contributed by atoms with E-state index in [-0.39, 0.29) is 5.97 Å². The van der Waals surface area contributed by atoms with Crippen molar-refractivity contribution in [1.29, 1.82) is 0 Å². The van der Waals surface area contributed by atoms with Gasteiger partial charge < -0.3 is 14.2 Å². The molecule has 21 heavy (non-hydrogen) atoms. The third-order valence-corrected chi connectivity index (χ3v) is 4.19. The quantitative estimate of drug-likeness (QED) is 0.416. The summed E-state index contributed by atoms with van der Waals surface area (Å²) in [6.45, 7) is 3.55. The first kappa shape index (κ1) is 16.0. The molecule has 4 nitrogen and oxygen atoms in total. The van der Waals surface area contributed by atoms with Gasteiger partial charge in [0.1, 0.15) is 13.2 Å². The summed E-state index contributed by atoms with van der Waals surface area (Å²) in [5.41, 5.74) is 0. The molecule has 1 aliphatic heterocycles. The van der Waals surface area contributed by atoms with Gasteiger partial charge in [-0.1, -0.05) is 6.42 Å². The van der Waals surface area contributed by atoms with Crippen LogP contribution in [0.4, 0.5) is 0 Å². The second-order valence-electron chi connectivity index (χ2n) is 4.77. The second-order valence-corrected chi connectivity index (χ2v) is 5.94. The van der Waals surface area contributed by atoms with Crippen molar-refractivity contribution in [3.63, 3.8) is 0 Å². The van der Waals surface area contributed by atoms with Crippen LogP contribution >= 0.6 is 11.8 Å². The highest BCUT2D eigenvalue weighted by Gasteiger charge is 2.11. The molecule has 1 aromatic carbocycles. The van der Waals surface area contributed by atoms with Gasteiger partial charge in [0, 0.05) is 11.3 Å². The van der Waals surface area contributed by atoms with E-state index in [1.54, 1.807) is 0 Å². The molecule has 0 spiro atoms. The van der Waals surface area contributed by atoms with Gasteiger partial charge in [0.05, 0.1) is 6.61 Å². The lowest BCUT2D eigenvalue weighted by Gasteiger charge is -2.18. The van der Waals surface area contributed by atoms with Crippen LogP contribution < -0.4 is 9.47 Å². The van der Waals surface area contributed by atoms with Gasteiger partial charge in [0.15, 0.2) is 11.5 Å². The minimum Gasteiger partial charge on any atom is -0.486 e. The molecular formula is C16H22O4S. The highest BCUT2D eigenvalue weighted by molar-refractivity contribution is 7.99. The average molecular weight is 310 g/mol. The van der Waals surface area contributed by atoms with Crippen LogP contribution in [0, 0.1) is 0 Å². The lowest BCUT2D eigenvalue weighted by Crippen LogP contribution is -2.15. The number of carbonyl (C=O) groups is 1. The number of unbranched alkanes of at least 4 members (excludes halogenated alkanes) is 2. The normalized spacial score (nSPS) is 13.0. The molecule has 0 bridgehead atoms. The molecule has 0 aliphatic carbocycles. The molecule has 0 aromatic heterocycles. The van der Waals surface area contributed by atoms with Crippen LogP contribution in [-0.2, 0) is 9.53 Å². The number of fused-ring (bicyclic) bond motifs is 1. The van der Waals surface area contributed by atoms with Crippen molar-refractivity contribution < 1.29 is 19.0 Å². The van der Waals surface area contributed by atoms with Gasteiger partial charge >= 0.3 is 5.97 Å². The fourth-order valence-corrected chi connectivity index (χ4v) is 3.02. The van der Waals surface area contributed by atoms with Crippen molar-refractivity contribution in [2.45, 2.75) is 37.5 Å². The van der Waals surface area contributed by atoms with Gasteiger partial charge in [-0.15, -0.1) is 11.8 Å². The van der Waals surface area contributed by atoms with E-state index in [0.29, 0.717) is 26.2 Å². The number of hydrogen-bond acceptors (Lipinski definition) is 5. The Morgan fingerprint density at radius 3 is 2.81 bits per heavy atom. The average Bonchev–Trinajstić information content (AvgIpc) is 2.51. The number of ether oxygens (including phenoxy) is 3. The zero-order chi connectivity index (χ0) is 14.9. The predicted molar refractivity (Wildman–Crippen MR) is 83.3 cm³/mol. The van der Waals surface area contributed by atoms with Gasteiger partial charge in [0.2, 0.25) is 0 Å². The maximum Gasteiger partial charge on any atom is 0.305 e. The molecule has 0 amide bonds. The van der Waals surface area contributed by atoms with Crippen molar-refractivity contribution >= 4 is 17.7 Å². The molecule has 1 aliphatic rings. The van der Waals surface area contributed by atoms with E-state index in [4.69, 9.17) is 14.2 Å². The van der Waals surface area contributed by atoms with E-state index >= 15 is 0 Å². The van der Waals surface area contributed by atoms with Gasteiger partial charge in [-0.2, -0.15) is 0 Å². The molecule has 0 saturated heterocycles. The van der Waals surface area contributed by atoms with E-state index < -0.39 is 0 Å². The lowest BCUT2D eigenvalue weighted by molar-refractivity contribution is -0.143. The van der Waals surface area contributed by atoms with E-state index in [1.165, 1.54) is 4.90 Å². The van der Waals surface area contributed by atoms with Gasteiger partial charge in [-0.25, -0.2) is 0 Å². The lowest BCUT2D eigenvalue weighted by atomic mass is 10.2. The molecule has 1 heterocycles. The van der Waals surface area contributed by atoms with Gasteiger partial charge in [0.25, 0.3) is 0 Å². The maximum atomic E-state index is 11.2. The summed E-state index contributed by atoms with van der Waals surface area (Å²) in [6, 6.07) is 6.08. The molecule has 0 fully saturated rings. The van der Waals surface area contributed by atoms with E-state index in [1.807, 2.05) is 30.8 Å². The second kappa shape index (κ2) is 8.82. The number of hydrogen-bond donors (Lipinski definition) is 0. The summed E-state index contributed by atoms with van der Waals surface area (Å²) in [5, 5.41) is 0. The van der Waals surface area contributed by atoms with Crippen molar-refractivity contribution in [2.24, 2.45) is 0 Å². The zero-order valence-electron chi connectivity index (χ0n) is 12.4. The van der Waals surface area contributed by atoms with Crippen LogP contribution in [-0.4, -0.2) is 31.5 Å². The van der Waals surface area contributed by atoms with Crippen molar-refractivity contribution in [3.8, 4) is 11.5 Å². The predicted octanol–water partition coefficient (Wildman–Crippen LogP) is 3.67. The summed E-state index contributed by atoms with van der Waals surface area (Å²) in [6.07, 6.45) is 3.58. The van der Waals surface area contributed by atoms with Crippen molar-refractivity contribution in [2.75, 3.05) is 25.6 Å². The third-order valence-electron chi connectivity index (χ3n) is 3.11. The number of thioether (sulfide) groups is 1. The number of carbonyl (C=O) groups excluding carboxylic acids is 1. The Kier molecular flexibility index (Phi) is 6.73. The van der Waals surface area contributed by atoms with Crippen LogP contribution in [0.1, 0.15) is 32.6 Å². The fourth-order valence-electron chi connectivity index (χ4n) is 2.08. The zero-order valence-corrected chi connectivity index (χ0v) is 13.2. The summed E-state index contributed by atoms with van der Waals surface area (Å²) >= 11 is 1.81. The Morgan fingerprint density at radius 2 is 2.00 bits per heavy atom. The molecule has 5 heteroatoms. The first-order valence-electron chi connectivity index (χ1n) is 7.47. The SMILES string of the molecule is CCOC(=O)CCCCCSc1ccc2c(c1)OCCO2. The molecule has 0 radical (unpaired) electrons. The molecule has 0 unspecified atom stereocenters. The monoisotopic (exact) mass is 310 g/mol. The van der Waals surface area contributed by atoms with E-state index in [2.05, 4.69) is 6.07 Å². The number of esters is 1. The smallest absolute Gasteiger partial charge is 0.305 e. The minimum absolute atomic E-state index is 0.0861. The number of rotatable bonds is 8. The van der Waals surface area contributed by atoms with Crippen molar-refractivity contribution in [3.05, 3.63) is 18.2 Å². The first-order valence-corrected chi connectivity index (χ1v) is 8.46. The fraction of sp³-hybridized carbons (Fsp3) is 0.562. The molecule has 116 valence electrons. The molecular weight excluding hydrogens is 288 g/mol. The minimum atomic E-state index is -0.0861. The summed E-state index contributed by atoms with van der Waals surface area (Å²) in [4.78, 5) is 12.4. The molecule has 0 saturated carbocycles. The van der Waals surface area contributed by atoms with Crippen LogP contribution in [0.25, 0.3) is 0 Å². The Bertz CT molecular complexity index is 462.